The van der Waals surface area contributed by atoms with Crippen LogP contribution in [0.5, 0.6) is 0 Å². The first-order valence-corrected chi connectivity index (χ1v) is 9.93. The van der Waals surface area contributed by atoms with Gasteiger partial charge in [-0.2, -0.15) is 5.10 Å². The molecule has 0 spiro atoms. The molecule has 8 nitrogen and oxygen atoms in total. The number of fused-ring (bicyclic) bond motifs is 1. The van der Waals surface area contributed by atoms with E-state index in [0.717, 1.165) is 34.1 Å². The van der Waals surface area contributed by atoms with Crippen molar-refractivity contribution in [3.8, 4) is 0 Å². The van der Waals surface area contributed by atoms with Crippen LogP contribution >= 0.6 is 0 Å². The number of para-hydroxylation sites is 1. The van der Waals surface area contributed by atoms with Crippen LogP contribution in [0.3, 0.4) is 0 Å². The fraction of sp³-hybridized carbons (Fsp3) is 0.273. The molecule has 0 saturated carbocycles. The minimum Gasteiger partial charge on any atom is -0.361 e. The van der Waals surface area contributed by atoms with Crippen molar-refractivity contribution in [3.63, 3.8) is 0 Å². The predicted molar refractivity (Wildman–Crippen MR) is 115 cm³/mol. The van der Waals surface area contributed by atoms with Gasteiger partial charge in [-0.15, -0.1) is 0 Å². The number of aromatic nitrogens is 5. The highest BCUT2D eigenvalue weighted by Crippen LogP contribution is 2.24. The van der Waals surface area contributed by atoms with Gasteiger partial charge in [-0.3, -0.25) is 14.7 Å². The lowest BCUT2D eigenvalue weighted by atomic mass is 10.0. The van der Waals surface area contributed by atoms with E-state index in [2.05, 4.69) is 30.5 Å². The summed E-state index contributed by atoms with van der Waals surface area (Å²) in [6.45, 7) is 5.60. The minimum absolute atomic E-state index is 0.250. The molecule has 0 aliphatic carbocycles. The smallest absolute Gasteiger partial charge is 0.272 e. The summed E-state index contributed by atoms with van der Waals surface area (Å²) in [5.74, 6) is 0.202. The van der Waals surface area contributed by atoms with Crippen LogP contribution in [0.1, 0.15) is 51.8 Å². The summed E-state index contributed by atoms with van der Waals surface area (Å²) in [6.07, 6.45) is 3.17. The molecule has 4 aromatic rings. The molecule has 3 aromatic heterocycles. The van der Waals surface area contributed by atoms with E-state index >= 15 is 0 Å². The van der Waals surface area contributed by atoms with E-state index in [1.165, 1.54) is 6.07 Å². The Morgan fingerprint density at radius 1 is 1.23 bits per heavy atom. The van der Waals surface area contributed by atoms with Crippen LogP contribution in [0.25, 0.3) is 10.9 Å². The van der Waals surface area contributed by atoms with Gasteiger partial charge in [0.2, 0.25) is 0 Å². The number of aryl methyl sites for hydroxylation is 2. The SMILES string of the molecule is CCc1[nH]nc(C(=O)NC(Cc2c[nH]c3ccccc23)c2cc(=O)[nH]c(C)n2)c1C. The number of carbonyl (C=O) groups is 1. The molecule has 1 atom stereocenters. The first-order valence-electron chi connectivity index (χ1n) is 9.93. The van der Waals surface area contributed by atoms with E-state index in [9.17, 15) is 9.59 Å². The summed E-state index contributed by atoms with van der Waals surface area (Å²) in [5.41, 5.74) is 4.43. The number of hydrogen-bond donors (Lipinski definition) is 4. The summed E-state index contributed by atoms with van der Waals surface area (Å²) >= 11 is 0. The van der Waals surface area contributed by atoms with Crippen molar-refractivity contribution in [1.29, 1.82) is 0 Å². The van der Waals surface area contributed by atoms with Gasteiger partial charge < -0.3 is 15.3 Å². The average molecular weight is 404 g/mol. The molecule has 4 rings (SSSR count). The quantitative estimate of drug-likeness (QED) is 0.395. The maximum atomic E-state index is 13.0. The molecule has 1 amide bonds. The summed E-state index contributed by atoms with van der Waals surface area (Å²) < 4.78 is 0. The van der Waals surface area contributed by atoms with Crippen molar-refractivity contribution in [1.82, 2.24) is 30.5 Å². The van der Waals surface area contributed by atoms with Crippen LogP contribution in [0, 0.1) is 13.8 Å². The molecule has 30 heavy (non-hydrogen) atoms. The summed E-state index contributed by atoms with van der Waals surface area (Å²) in [7, 11) is 0. The van der Waals surface area contributed by atoms with Crippen molar-refractivity contribution in [2.24, 2.45) is 0 Å². The van der Waals surface area contributed by atoms with Gasteiger partial charge in [0.15, 0.2) is 5.69 Å². The molecule has 0 aliphatic rings. The Morgan fingerprint density at radius 3 is 2.77 bits per heavy atom. The van der Waals surface area contributed by atoms with Gasteiger partial charge >= 0.3 is 0 Å². The molecule has 154 valence electrons. The molecule has 3 heterocycles. The highest BCUT2D eigenvalue weighted by Gasteiger charge is 2.23. The molecule has 1 aromatic carbocycles. The Hall–Kier alpha value is -3.68. The summed E-state index contributed by atoms with van der Waals surface area (Å²) in [6, 6.07) is 8.92. The van der Waals surface area contributed by atoms with Gasteiger partial charge in [0.05, 0.1) is 11.7 Å². The van der Waals surface area contributed by atoms with Crippen LogP contribution in [0.4, 0.5) is 0 Å². The topological polar surface area (TPSA) is 119 Å². The third-order valence-corrected chi connectivity index (χ3v) is 5.32. The first-order chi connectivity index (χ1) is 14.5. The molecule has 4 N–H and O–H groups in total. The van der Waals surface area contributed by atoms with Crippen LogP contribution in [-0.4, -0.2) is 31.1 Å². The Morgan fingerprint density at radius 2 is 2.03 bits per heavy atom. The van der Waals surface area contributed by atoms with E-state index in [0.29, 0.717) is 23.6 Å². The zero-order chi connectivity index (χ0) is 21.3. The lowest BCUT2D eigenvalue weighted by Crippen LogP contribution is -2.32. The van der Waals surface area contributed by atoms with E-state index in [1.54, 1.807) is 6.92 Å². The van der Waals surface area contributed by atoms with E-state index < -0.39 is 6.04 Å². The fourth-order valence-electron chi connectivity index (χ4n) is 3.76. The molecule has 0 aliphatic heterocycles. The number of hydrogen-bond acceptors (Lipinski definition) is 4. The molecule has 1 unspecified atom stereocenters. The van der Waals surface area contributed by atoms with Gasteiger partial charge in [0.1, 0.15) is 5.82 Å². The van der Waals surface area contributed by atoms with Crippen molar-refractivity contribution < 1.29 is 4.79 Å². The van der Waals surface area contributed by atoms with Crippen molar-refractivity contribution >= 4 is 16.8 Å². The van der Waals surface area contributed by atoms with Gasteiger partial charge in [-0.05, 0) is 31.9 Å². The Bertz CT molecular complexity index is 1270. The van der Waals surface area contributed by atoms with Crippen LogP contribution < -0.4 is 10.9 Å². The molecule has 0 fully saturated rings. The number of nitrogens with zero attached hydrogens (tertiary/aromatic N) is 2. The fourth-order valence-corrected chi connectivity index (χ4v) is 3.76. The number of nitrogens with one attached hydrogen (secondary N) is 4. The summed E-state index contributed by atoms with van der Waals surface area (Å²) in [4.78, 5) is 35.5. The number of H-pyrrole nitrogens is 3. The van der Waals surface area contributed by atoms with Crippen LogP contribution in [0.2, 0.25) is 0 Å². The van der Waals surface area contributed by atoms with Gasteiger partial charge in [0.25, 0.3) is 11.5 Å². The zero-order valence-electron chi connectivity index (χ0n) is 17.2. The standard InChI is InChI=1S/C22H24N6O2/c1-4-16-12(2)21(28-27-16)22(30)26-18(19-10-20(29)25-13(3)24-19)9-14-11-23-17-8-6-5-7-15(14)17/h5-8,10-11,18,23H,4,9H2,1-3H3,(H,26,30)(H,27,28)(H,24,25,29). The molecule has 0 radical (unpaired) electrons. The number of amides is 1. The predicted octanol–water partition coefficient (Wildman–Crippen LogP) is 2.87. The highest BCUT2D eigenvalue weighted by molar-refractivity contribution is 5.94. The molecule has 0 bridgehead atoms. The van der Waals surface area contributed by atoms with Crippen molar-refractivity contribution in [3.05, 3.63) is 80.9 Å². The zero-order valence-corrected chi connectivity index (χ0v) is 17.2. The second kappa shape index (κ2) is 7.98. The Kier molecular flexibility index (Phi) is 5.22. The number of benzene rings is 1. The van der Waals surface area contributed by atoms with Gasteiger partial charge in [-0.1, -0.05) is 25.1 Å². The maximum absolute atomic E-state index is 13.0. The minimum atomic E-state index is -0.487. The van der Waals surface area contributed by atoms with Crippen molar-refractivity contribution in [2.45, 2.75) is 39.7 Å². The van der Waals surface area contributed by atoms with Crippen LogP contribution in [-0.2, 0) is 12.8 Å². The third-order valence-electron chi connectivity index (χ3n) is 5.32. The largest absolute Gasteiger partial charge is 0.361 e. The second-order valence-corrected chi connectivity index (χ2v) is 7.37. The number of carbonyl (C=O) groups excluding carboxylic acids is 1. The Labute approximate surface area is 173 Å². The third kappa shape index (κ3) is 3.76. The van der Waals surface area contributed by atoms with E-state index in [-0.39, 0.29) is 11.5 Å². The van der Waals surface area contributed by atoms with Gasteiger partial charge in [0, 0.05) is 40.8 Å². The second-order valence-electron chi connectivity index (χ2n) is 7.37. The lowest BCUT2D eigenvalue weighted by Gasteiger charge is -2.18. The van der Waals surface area contributed by atoms with E-state index in [1.807, 2.05) is 44.3 Å². The molecule has 0 saturated heterocycles. The lowest BCUT2D eigenvalue weighted by molar-refractivity contribution is 0.0930. The monoisotopic (exact) mass is 404 g/mol. The molecular weight excluding hydrogens is 380 g/mol. The highest BCUT2D eigenvalue weighted by atomic mass is 16.2. The average Bonchev–Trinajstić information content (AvgIpc) is 3.30. The van der Waals surface area contributed by atoms with Crippen LogP contribution in [0.15, 0.2) is 41.3 Å². The molecular formula is C22H24N6O2. The maximum Gasteiger partial charge on any atom is 0.272 e. The Balaban J connectivity index is 1.70. The van der Waals surface area contributed by atoms with Gasteiger partial charge in [-0.25, -0.2) is 4.98 Å². The number of aromatic amines is 3. The normalized spacial score (nSPS) is 12.2. The first kappa shape index (κ1) is 19.6. The number of rotatable bonds is 6. The molecule has 8 heteroatoms. The van der Waals surface area contributed by atoms with Crippen molar-refractivity contribution in [2.75, 3.05) is 0 Å². The van der Waals surface area contributed by atoms with E-state index in [4.69, 9.17) is 0 Å². The summed E-state index contributed by atoms with van der Waals surface area (Å²) in [5, 5.41) is 11.2.